The van der Waals surface area contributed by atoms with E-state index in [0.29, 0.717) is 23.6 Å². The number of aliphatic imine (C=N–C) groups is 1. The van der Waals surface area contributed by atoms with Gasteiger partial charge in [-0.05, 0) is 29.8 Å². The molecule has 2 N–H and O–H groups in total. The van der Waals surface area contributed by atoms with Crippen molar-refractivity contribution in [2.75, 3.05) is 20.2 Å². The van der Waals surface area contributed by atoms with E-state index >= 15 is 0 Å². The van der Waals surface area contributed by atoms with Crippen molar-refractivity contribution in [3.63, 3.8) is 0 Å². The van der Waals surface area contributed by atoms with Crippen molar-refractivity contribution in [2.45, 2.75) is 0 Å². The van der Waals surface area contributed by atoms with Gasteiger partial charge in [0, 0.05) is 35.5 Å². The molecular formula is C22H19N3O3. The highest BCUT2D eigenvalue weighted by molar-refractivity contribution is 6.16. The van der Waals surface area contributed by atoms with Crippen LogP contribution in [0.15, 0.2) is 65.9 Å². The van der Waals surface area contributed by atoms with Crippen LogP contribution in [0, 0.1) is 0 Å². The molecule has 0 radical (unpaired) electrons. The predicted molar refractivity (Wildman–Crippen MR) is 108 cm³/mol. The third-order valence-corrected chi connectivity index (χ3v) is 4.56. The zero-order valence-electron chi connectivity index (χ0n) is 15.4. The molecule has 0 fully saturated rings. The molecule has 2 heterocycles. The van der Waals surface area contributed by atoms with Gasteiger partial charge in [0.25, 0.3) is 0 Å². The first-order chi connectivity index (χ1) is 13.7. The lowest BCUT2D eigenvalue weighted by molar-refractivity contribution is 0.1000. The Kier molecular flexibility index (Phi) is 4.87. The molecule has 1 aliphatic rings. The monoisotopic (exact) mass is 373 g/mol. The van der Waals surface area contributed by atoms with Crippen LogP contribution in [-0.2, 0) is 0 Å². The van der Waals surface area contributed by atoms with Gasteiger partial charge in [0.2, 0.25) is 0 Å². The summed E-state index contributed by atoms with van der Waals surface area (Å²) in [7, 11) is 1.61. The molecule has 1 aliphatic heterocycles. The van der Waals surface area contributed by atoms with Crippen LogP contribution in [0.1, 0.15) is 15.9 Å². The van der Waals surface area contributed by atoms with Crippen LogP contribution in [0.4, 0.5) is 0 Å². The molecule has 0 saturated carbocycles. The van der Waals surface area contributed by atoms with E-state index in [1.165, 1.54) is 0 Å². The van der Waals surface area contributed by atoms with Gasteiger partial charge in [-0.15, -0.1) is 0 Å². The van der Waals surface area contributed by atoms with Gasteiger partial charge in [-0.1, -0.05) is 18.2 Å². The maximum atomic E-state index is 12.1. The number of hydrogen-bond acceptors (Lipinski definition) is 6. The minimum Gasteiger partial charge on any atom is -0.497 e. The number of carbonyl (C=O) groups is 1. The lowest BCUT2D eigenvalue weighted by Crippen LogP contribution is -2.24. The Balaban J connectivity index is 1.66. The van der Waals surface area contributed by atoms with Crippen LogP contribution >= 0.6 is 0 Å². The number of methoxy groups -OCH3 is 1. The van der Waals surface area contributed by atoms with E-state index < -0.39 is 0 Å². The molecule has 28 heavy (non-hydrogen) atoms. The Hall–Kier alpha value is -3.51. The molecule has 140 valence electrons. The Morgan fingerprint density at radius 3 is 2.64 bits per heavy atom. The van der Waals surface area contributed by atoms with Crippen LogP contribution in [0.2, 0.25) is 0 Å². The second kappa shape index (κ2) is 7.62. The molecule has 0 aliphatic carbocycles. The highest BCUT2D eigenvalue weighted by Gasteiger charge is 2.20. The molecular weight excluding hydrogens is 354 g/mol. The maximum Gasteiger partial charge on any atom is 0.184 e. The van der Waals surface area contributed by atoms with Crippen molar-refractivity contribution >= 4 is 11.5 Å². The number of ketones is 1. The van der Waals surface area contributed by atoms with Gasteiger partial charge in [0.05, 0.1) is 19.0 Å². The number of aromatic nitrogens is 1. The Morgan fingerprint density at radius 2 is 1.82 bits per heavy atom. The third-order valence-electron chi connectivity index (χ3n) is 4.56. The van der Waals surface area contributed by atoms with Crippen molar-refractivity contribution in [3.05, 3.63) is 72.1 Å². The summed E-state index contributed by atoms with van der Waals surface area (Å²) in [4.78, 5) is 20.7. The van der Waals surface area contributed by atoms with Crippen molar-refractivity contribution in [3.8, 4) is 28.4 Å². The zero-order valence-corrected chi connectivity index (χ0v) is 15.4. The summed E-state index contributed by atoms with van der Waals surface area (Å²) in [6.45, 7) is 0.450. The number of nitrogens with two attached hydrogens (primary N) is 1. The van der Waals surface area contributed by atoms with E-state index in [9.17, 15) is 4.79 Å². The minimum absolute atomic E-state index is 0.00647. The number of fused-ring (bicyclic) bond motifs is 1. The molecule has 0 amide bonds. The van der Waals surface area contributed by atoms with E-state index in [4.69, 9.17) is 15.2 Å². The summed E-state index contributed by atoms with van der Waals surface area (Å²) in [5.74, 6) is 1.99. The molecule has 4 rings (SSSR count). The van der Waals surface area contributed by atoms with Crippen molar-refractivity contribution in [1.82, 2.24) is 4.98 Å². The van der Waals surface area contributed by atoms with Gasteiger partial charge in [-0.2, -0.15) is 0 Å². The summed E-state index contributed by atoms with van der Waals surface area (Å²) in [5, 5.41) is 0. The van der Waals surface area contributed by atoms with E-state index in [2.05, 4.69) is 9.98 Å². The smallest absolute Gasteiger partial charge is 0.184 e. The predicted octanol–water partition coefficient (Wildman–Crippen LogP) is 3.49. The summed E-state index contributed by atoms with van der Waals surface area (Å²) < 4.78 is 11.1. The summed E-state index contributed by atoms with van der Waals surface area (Å²) in [6, 6.07) is 14.9. The number of Topliss-reactive ketones (excluding diaryl/α,β-unsaturated/α-hetero) is 1. The number of rotatable bonds is 5. The van der Waals surface area contributed by atoms with Crippen molar-refractivity contribution in [1.29, 1.82) is 0 Å². The van der Waals surface area contributed by atoms with E-state index in [0.717, 1.165) is 28.2 Å². The molecule has 0 saturated heterocycles. The third kappa shape index (κ3) is 3.50. The first-order valence-corrected chi connectivity index (χ1v) is 8.86. The van der Waals surface area contributed by atoms with Crippen molar-refractivity contribution < 1.29 is 14.3 Å². The molecule has 2 aromatic carbocycles. The largest absolute Gasteiger partial charge is 0.497 e. The average Bonchev–Trinajstić information content (AvgIpc) is 2.74. The molecule has 6 nitrogen and oxygen atoms in total. The molecule has 6 heteroatoms. The van der Waals surface area contributed by atoms with Crippen LogP contribution in [-0.4, -0.2) is 36.7 Å². The topological polar surface area (TPSA) is 86.8 Å². The Bertz CT molecular complexity index is 1080. The zero-order chi connectivity index (χ0) is 19.5. The molecule has 0 atom stereocenters. The van der Waals surface area contributed by atoms with Gasteiger partial charge in [-0.3, -0.25) is 14.8 Å². The van der Waals surface area contributed by atoms with Crippen molar-refractivity contribution in [2.24, 2.45) is 10.7 Å². The molecule has 0 unspecified atom stereocenters. The SMILES string of the molecule is COc1cccc(Oc2cncc(-c3ccc4c(c3)C(CN)=NCC4=O)c2)c1. The Morgan fingerprint density at radius 1 is 0.964 bits per heavy atom. The summed E-state index contributed by atoms with van der Waals surface area (Å²) >= 11 is 0. The van der Waals surface area contributed by atoms with Gasteiger partial charge >= 0.3 is 0 Å². The standard InChI is InChI=1S/C22H19N3O3/c1-27-16-3-2-4-17(9-16)28-18-7-15(11-24-12-18)14-5-6-19-20(8-14)21(10-23)25-13-22(19)26/h2-9,11-12H,10,13,23H2,1H3. The first kappa shape index (κ1) is 17.9. The summed E-state index contributed by atoms with van der Waals surface area (Å²) in [5.41, 5.74) is 9.78. The van der Waals surface area contributed by atoms with Gasteiger partial charge < -0.3 is 15.2 Å². The average molecular weight is 373 g/mol. The Labute approximate surface area is 162 Å². The molecule has 0 bridgehead atoms. The number of pyridine rings is 1. The minimum atomic E-state index is 0.00647. The van der Waals surface area contributed by atoms with E-state index in [-0.39, 0.29) is 12.3 Å². The second-order valence-corrected chi connectivity index (χ2v) is 6.34. The number of carbonyl (C=O) groups excluding carboxylic acids is 1. The lowest BCUT2D eigenvalue weighted by Gasteiger charge is -2.16. The van der Waals surface area contributed by atoms with E-state index in [1.54, 1.807) is 25.6 Å². The number of hydrogen-bond donors (Lipinski definition) is 1. The van der Waals surface area contributed by atoms with Gasteiger partial charge in [0.1, 0.15) is 23.8 Å². The highest BCUT2D eigenvalue weighted by atomic mass is 16.5. The number of ether oxygens (including phenoxy) is 2. The van der Waals surface area contributed by atoms with Gasteiger partial charge in [0.15, 0.2) is 5.78 Å². The van der Waals surface area contributed by atoms with Crippen LogP contribution in [0.3, 0.4) is 0 Å². The van der Waals surface area contributed by atoms with Crippen LogP contribution in [0.25, 0.3) is 11.1 Å². The normalized spacial score (nSPS) is 12.9. The summed E-state index contributed by atoms with van der Waals surface area (Å²) in [6.07, 6.45) is 3.40. The fourth-order valence-corrected chi connectivity index (χ4v) is 3.15. The molecule has 1 aromatic heterocycles. The fourth-order valence-electron chi connectivity index (χ4n) is 3.15. The second-order valence-electron chi connectivity index (χ2n) is 6.34. The maximum absolute atomic E-state index is 12.1. The molecule has 0 spiro atoms. The van der Waals surface area contributed by atoms with Crippen LogP contribution in [0.5, 0.6) is 17.2 Å². The lowest BCUT2D eigenvalue weighted by atomic mass is 9.93. The van der Waals surface area contributed by atoms with E-state index in [1.807, 2.05) is 42.5 Å². The molecule has 3 aromatic rings. The number of nitrogens with zero attached hydrogens (tertiary/aromatic N) is 2. The highest BCUT2D eigenvalue weighted by Crippen LogP contribution is 2.30. The first-order valence-electron chi connectivity index (χ1n) is 8.86. The quantitative estimate of drug-likeness (QED) is 0.740. The van der Waals surface area contributed by atoms with Gasteiger partial charge in [-0.25, -0.2) is 0 Å². The van der Waals surface area contributed by atoms with Crippen LogP contribution < -0.4 is 15.2 Å². The number of benzene rings is 2. The fraction of sp³-hybridized carbons (Fsp3) is 0.136.